The first-order chi connectivity index (χ1) is 18.0. The highest BCUT2D eigenvalue weighted by molar-refractivity contribution is 6.08. The van der Waals surface area contributed by atoms with Gasteiger partial charge in [-0.05, 0) is 54.3 Å². The number of anilines is 1. The summed E-state index contributed by atoms with van der Waals surface area (Å²) in [6, 6.07) is 17.0. The zero-order chi connectivity index (χ0) is 27.1. The SMILES string of the molecule is O=C(c1ccc(C2=NOC(c3ccc(OC(F)(F)F)cc3)(C(F)(F)F)C2)cc1)N1CCCc2ccccc21. The Labute approximate surface area is 213 Å². The number of carbonyl (C=O) groups excluding carboxylic acids is 1. The first kappa shape index (κ1) is 25.6. The average molecular weight is 534 g/mol. The number of halogens is 6. The predicted molar refractivity (Wildman–Crippen MR) is 126 cm³/mol. The summed E-state index contributed by atoms with van der Waals surface area (Å²) in [6.45, 7) is 0.555. The molecular formula is C27H20F6N2O3. The number of rotatable bonds is 4. The molecule has 0 bridgehead atoms. The normalized spacial score (nSPS) is 19.4. The van der Waals surface area contributed by atoms with Crippen molar-refractivity contribution in [1.82, 2.24) is 0 Å². The Hall–Kier alpha value is -4.02. The molecule has 0 saturated carbocycles. The molecule has 2 aliphatic heterocycles. The number of hydrogen-bond donors (Lipinski definition) is 0. The van der Waals surface area contributed by atoms with Crippen molar-refractivity contribution in [2.75, 3.05) is 11.4 Å². The summed E-state index contributed by atoms with van der Waals surface area (Å²) in [4.78, 5) is 19.8. The number of benzene rings is 3. The Balaban J connectivity index is 1.35. The third kappa shape index (κ3) is 4.80. The van der Waals surface area contributed by atoms with Crippen molar-refractivity contribution in [3.63, 3.8) is 0 Å². The van der Waals surface area contributed by atoms with Gasteiger partial charge in [-0.3, -0.25) is 4.79 Å². The van der Waals surface area contributed by atoms with Crippen LogP contribution in [0.2, 0.25) is 0 Å². The Kier molecular flexibility index (Phi) is 6.32. The molecule has 0 aromatic heterocycles. The molecule has 5 rings (SSSR count). The molecule has 0 aliphatic carbocycles. The molecule has 3 aromatic rings. The van der Waals surface area contributed by atoms with E-state index in [0.29, 0.717) is 17.7 Å². The van der Waals surface area contributed by atoms with Crippen LogP contribution in [0.5, 0.6) is 5.75 Å². The van der Waals surface area contributed by atoms with E-state index in [1.807, 2.05) is 24.3 Å². The predicted octanol–water partition coefficient (Wildman–Crippen LogP) is 6.76. The molecule has 0 fully saturated rings. The molecule has 0 spiro atoms. The van der Waals surface area contributed by atoms with Crippen LogP contribution < -0.4 is 9.64 Å². The van der Waals surface area contributed by atoms with E-state index in [1.165, 1.54) is 24.3 Å². The molecule has 3 aromatic carbocycles. The Bertz CT molecular complexity index is 1370. The van der Waals surface area contributed by atoms with Gasteiger partial charge in [0.05, 0.1) is 5.71 Å². The highest BCUT2D eigenvalue weighted by atomic mass is 19.4. The molecule has 2 aliphatic rings. The fraction of sp³-hybridized carbons (Fsp3) is 0.259. The van der Waals surface area contributed by atoms with Gasteiger partial charge in [0.2, 0.25) is 0 Å². The molecule has 38 heavy (non-hydrogen) atoms. The van der Waals surface area contributed by atoms with Crippen LogP contribution in [0.4, 0.5) is 32.0 Å². The largest absolute Gasteiger partial charge is 0.573 e. The number of fused-ring (bicyclic) bond motifs is 1. The number of ether oxygens (including phenoxy) is 1. The molecular weight excluding hydrogens is 514 g/mol. The number of nitrogens with zero attached hydrogens (tertiary/aromatic N) is 2. The van der Waals surface area contributed by atoms with Crippen LogP contribution in [0.25, 0.3) is 0 Å². The highest BCUT2D eigenvalue weighted by Gasteiger charge is 2.62. The van der Waals surface area contributed by atoms with Crippen LogP contribution in [0.1, 0.15) is 39.9 Å². The van der Waals surface area contributed by atoms with Crippen molar-refractivity contribution in [2.45, 2.75) is 37.4 Å². The van der Waals surface area contributed by atoms with Crippen molar-refractivity contribution in [3.8, 4) is 5.75 Å². The van der Waals surface area contributed by atoms with Gasteiger partial charge in [0.1, 0.15) is 5.75 Å². The van der Waals surface area contributed by atoms with Gasteiger partial charge in [-0.25, -0.2) is 0 Å². The highest BCUT2D eigenvalue weighted by Crippen LogP contribution is 2.49. The van der Waals surface area contributed by atoms with Gasteiger partial charge in [0.25, 0.3) is 11.5 Å². The van der Waals surface area contributed by atoms with Gasteiger partial charge in [0.15, 0.2) is 0 Å². The van der Waals surface area contributed by atoms with Crippen LogP contribution in [0.15, 0.2) is 78.0 Å². The lowest BCUT2D eigenvalue weighted by atomic mass is 9.86. The molecule has 198 valence electrons. The lowest BCUT2D eigenvalue weighted by Gasteiger charge is -2.29. The fourth-order valence-electron chi connectivity index (χ4n) is 4.69. The monoisotopic (exact) mass is 534 g/mol. The number of oxime groups is 1. The lowest BCUT2D eigenvalue weighted by Crippen LogP contribution is -2.42. The van der Waals surface area contributed by atoms with E-state index in [9.17, 15) is 31.1 Å². The fourth-order valence-corrected chi connectivity index (χ4v) is 4.69. The molecule has 0 saturated heterocycles. The maximum absolute atomic E-state index is 14.2. The Morgan fingerprint density at radius 2 is 1.61 bits per heavy atom. The van der Waals surface area contributed by atoms with Gasteiger partial charge in [-0.1, -0.05) is 47.6 Å². The van der Waals surface area contributed by atoms with Gasteiger partial charge < -0.3 is 14.5 Å². The zero-order valence-corrected chi connectivity index (χ0v) is 19.6. The standard InChI is InChI=1S/C27H20F6N2O3/c28-26(29,30)25(20-11-13-21(14-12-20)37-27(31,32)33)16-22(34-38-25)17-7-9-19(10-8-17)24(36)35-15-3-5-18-4-1-2-6-23(18)35/h1-2,4,6-14H,3,5,15-16H2. The van der Waals surface area contributed by atoms with E-state index in [2.05, 4.69) is 9.89 Å². The van der Waals surface area contributed by atoms with Crippen molar-refractivity contribution >= 4 is 17.3 Å². The Morgan fingerprint density at radius 3 is 2.26 bits per heavy atom. The molecule has 0 N–H and O–H groups in total. The molecule has 0 radical (unpaired) electrons. The van der Waals surface area contributed by atoms with Gasteiger partial charge in [-0.2, -0.15) is 13.2 Å². The lowest BCUT2D eigenvalue weighted by molar-refractivity contribution is -0.277. The van der Waals surface area contributed by atoms with Gasteiger partial charge in [0, 0.05) is 29.8 Å². The summed E-state index contributed by atoms with van der Waals surface area (Å²) < 4.78 is 83.6. The third-order valence-corrected chi connectivity index (χ3v) is 6.56. The quantitative estimate of drug-likeness (QED) is 0.348. The van der Waals surface area contributed by atoms with Gasteiger partial charge in [-0.15, -0.1) is 13.2 Å². The number of amides is 1. The first-order valence-corrected chi connectivity index (χ1v) is 11.7. The molecule has 5 nitrogen and oxygen atoms in total. The first-order valence-electron chi connectivity index (χ1n) is 11.7. The van der Waals surface area contributed by atoms with E-state index in [4.69, 9.17) is 4.84 Å². The minimum Gasteiger partial charge on any atom is -0.406 e. The van der Waals surface area contributed by atoms with Crippen molar-refractivity contribution in [3.05, 3.63) is 95.1 Å². The zero-order valence-electron chi connectivity index (χ0n) is 19.6. The van der Waals surface area contributed by atoms with Crippen LogP contribution in [0, 0.1) is 0 Å². The van der Waals surface area contributed by atoms with Gasteiger partial charge >= 0.3 is 12.5 Å². The number of para-hydroxylation sites is 1. The minimum atomic E-state index is -4.98. The smallest absolute Gasteiger partial charge is 0.406 e. The number of aryl methyl sites for hydroxylation is 1. The second kappa shape index (κ2) is 9.38. The Morgan fingerprint density at radius 1 is 0.921 bits per heavy atom. The minimum absolute atomic E-state index is 0.0136. The number of hydrogen-bond acceptors (Lipinski definition) is 4. The van der Waals surface area contributed by atoms with E-state index < -0.39 is 35.9 Å². The van der Waals surface area contributed by atoms with E-state index in [1.54, 1.807) is 4.90 Å². The topological polar surface area (TPSA) is 51.1 Å². The summed E-state index contributed by atoms with van der Waals surface area (Å²) in [7, 11) is 0. The second-order valence-corrected chi connectivity index (χ2v) is 8.97. The summed E-state index contributed by atoms with van der Waals surface area (Å²) in [5, 5.41) is 3.67. The molecule has 1 amide bonds. The summed E-state index contributed by atoms with van der Waals surface area (Å²) in [5.74, 6) is -0.881. The molecule has 1 atom stereocenters. The number of alkyl halides is 6. The summed E-state index contributed by atoms with van der Waals surface area (Å²) in [6.07, 6.45) is -8.92. The average Bonchev–Trinajstić information content (AvgIpc) is 3.35. The molecule has 2 heterocycles. The third-order valence-electron chi connectivity index (χ3n) is 6.56. The molecule has 1 unspecified atom stereocenters. The summed E-state index contributed by atoms with van der Waals surface area (Å²) >= 11 is 0. The van der Waals surface area contributed by atoms with Crippen LogP contribution >= 0.6 is 0 Å². The second-order valence-electron chi connectivity index (χ2n) is 8.97. The van der Waals surface area contributed by atoms with E-state index >= 15 is 0 Å². The maximum atomic E-state index is 14.2. The van der Waals surface area contributed by atoms with E-state index in [-0.39, 0.29) is 11.6 Å². The van der Waals surface area contributed by atoms with E-state index in [0.717, 1.165) is 48.4 Å². The van der Waals surface area contributed by atoms with Crippen molar-refractivity contribution < 1.29 is 40.7 Å². The van der Waals surface area contributed by atoms with Crippen LogP contribution in [0.3, 0.4) is 0 Å². The number of carbonyl (C=O) groups is 1. The van der Waals surface area contributed by atoms with Crippen LogP contribution in [-0.4, -0.2) is 30.7 Å². The maximum Gasteiger partial charge on any atom is 0.573 e. The van der Waals surface area contributed by atoms with Crippen molar-refractivity contribution in [2.24, 2.45) is 5.16 Å². The van der Waals surface area contributed by atoms with Crippen molar-refractivity contribution in [1.29, 1.82) is 0 Å². The van der Waals surface area contributed by atoms with Crippen LogP contribution in [-0.2, 0) is 16.9 Å². The molecule has 11 heteroatoms. The summed E-state index contributed by atoms with van der Waals surface area (Å²) in [5.41, 5.74) is -0.721.